The lowest BCUT2D eigenvalue weighted by Gasteiger charge is -2.20. The van der Waals surface area contributed by atoms with Crippen molar-refractivity contribution in [3.05, 3.63) is 36.5 Å². The minimum absolute atomic E-state index is 0.00770. The highest BCUT2D eigenvalue weighted by Crippen LogP contribution is 2.17. The zero-order chi connectivity index (χ0) is 53.6. The standard InChI is InChI=1S/C68H129NO5/c1-3-5-7-9-11-13-15-17-36-40-44-48-52-56-60-66(71)65(64-70)69-67(72)61-57-53-49-45-41-37-34-32-30-28-26-24-22-20-19-21-23-25-27-29-31-33-35-39-43-47-51-55-59-63-74-68(73)62-58-54-50-46-42-38-18-16-14-12-10-8-6-4-2/h16,18-19,21,56,60,65-66,70-71H,3-15,17,20,22-55,57-59,61-64H2,1-2H3,(H,69,72)/b18-16-,21-19-,60-56+. The molecule has 6 nitrogen and oxygen atoms in total. The molecule has 0 aliphatic carbocycles. The zero-order valence-electron chi connectivity index (χ0n) is 49.8. The highest BCUT2D eigenvalue weighted by molar-refractivity contribution is 5.76. The molecule has 0 fully saturated rings. The molecule has 0 bridgehead atoms. The molecule has 6 heteroatoms. The Labute approximate surface area is 462 Å². The number of carbonyl (C=O) groups excluding carboxylic acids is 2. The third-order valence-electron chi connectivity index (χ3n) is 15.4. The predicted octanol–water partition coefficient (Wildman–Crippen LogP) is 21.1. The number of aliphatic hydroxyl groups is 2. The van der Waals surface area contributed by atoms with Crippen LogP contribution in [0.2, 0.25) is 0 Å². The Morgan fingerprint density at radius 3 is 0.959 bits per heavy atom. The lowest BCUT2D eigenvalue weighted by Crippen LogP contribution is -2.45. The van der Waals surface area contributed by atoms with Gasteiger partial charge in [-0.2, -0.15) is 0 Å². The summed E-state index contributed by atoms with van der Waals surface area (Å²) in [6.07, 6.45) is 80.7. The van der Waals surface area contributed by atoms with Crippen molar-refractivity contribution in [1.29, 1.82) is 0 Å². The Hall–Kier alpha value is -1.92. The number of amides is 1. The van der Waals surface area contributed by atoms with Gasteiger partial charge in [-0.15, -0.1) is 0 Å². The third-order valence-corrected chi connectivity index (χ3v) is 15.4. The van der Waals surface area contributed by atoms with E-state index in [9.17, 15) is 19.8 Å². The van der Waals surface area contributed by atoms with Crippen molar-refractivity contribution in [2.45, 2.75) is 373 Å². The number of aliphatic hydroxyl groups excluding tert-OH is 2. The van der Waals surface area contributed by atoms with E-state index in [1.54, 1.807) is 6.08 Å². The number of allylic oxidation sites excluding steroid dienone is 5. The van der Waals surface area contributed by atoms with Crippen LogP contribution in [0.5, 0.6) is 0 Å². The Balaban J connectivity index is 3.38. The van der Waals surface area contributed by atoms with Gasteiger partial charge < -0.3 is 20.3 Å². The average molecular weight is 1040 g/mol. The van der Waals surface area contributed by atoms with E-state index in [2.05, 4.69) is 43.5 Å². The summed E-state index contributed by atoms with van der Waals surface area (Å²) in [7, 11) is 0. The number of hydrogen-bond donors (Lipinski definition) is 3. The maximum atomic E-state index is 12.5. The summed E-state index contributed by atoms with van der Waals surface area (Å²) in [6, 6.07) is -0.627. The number of carbonyl (C=O) groups is 2. The minimum atomic E-state index is -0.843. The molecule has 0 aromatic carbocycles. The van der Waals surface area contributed by atoms with Crippen molar-refractivity contribution < 1.29 is 24.5 Å². The van der Waals surface area contributed by atoms with Crippen LogP contribution in [0.1, 0.15) is 361 Å². The fraction of sp³-hybridized carbons (Fsp3) is 0.882. The van der Waals surface area contributed by atoms with Crippen LogP contribution in [0.4, 0.5) is 0 Å². The van der Waals surface area contributed by atoms with E-state index >= 15 is 0 Å². The quantitative estimate of drug-likeness (QED) is 0.0320. The minimum Gasteiger partial charge on any atom is -0.466 e. The van der Waals surface area contributed by atoms with Crippen LogP contribution in [0.3, 0.4) is 0 Å². The van der Waals surface area contributed by atoms with E-state index in [0.717, 1.165) is 44.9 Å². The van der Waals surface area contributed by atoms with E-state index in [1.165, 1.54) is 289 Å². The van der Waals surface area contributed by atoms with Crippen molar-refractivity contribution >= 4 is 11.9 Å². The number of rotatable bonds is 62. The van der Waals surface area contributed by atoms with E-state index in [1.807, 2.05) is 6.08 Å². The van der Waals surface area contributed by atoms with Gasteiger partial charge in [0.2, 0.25) is 5.91 Å². The van der Waals surface area contributed by atoms with Crippen LogP contribution >= 0.6 is 0 Å². The monoisotopic (exact) mass is 1040 g/mol. The van der Waals surface area contributed by atoms with Crippen molar-refractivity contribution in [3.63, 3.8) is 0 Å². The Kier molecular flexibility index (Phi) is 62.0. The fourth-order valence-electron chi connectivity index (χ4n) is 10.3. The number of hydrogen-bond acceptors (Lipinski definition) is 5. The van der Waals surface area contributed by atoms with Gasteiger partial charge in [0, 0.05) is 12.8 Å². The van der Waals surface area contributed by atoms with Gasteiger partial charge in [-0.05, 0) is 83.5 Å². The molecule has 1 amide bonds. The van der Waals surface area contributed by atoms with Gasteiger partial charge in [-0.25, -0.2) is 0 Å². The summed E-state index contributed by atoms with van der Waals surface area (Å²) < 4.78 is 5.48. The van der Waals surface area contributed by atoms with Crippen LogP contribution in [0.15, 0.2) is 36.5 Å². The van der Waals surface area contributed by atoms with Crippen LogP contribution in [-0.2, 0) is 14.3 Å². The first-order valence-corrected chi connectivity index (χ1v) is 33.3. The Morgan fingerprint density at radius 1 is 0.365 bits per heavy atom. The average Bonchev–Trinajstić information content (AvgIpc) is 3.40. The van der Waals surface area contributed by atoms with Crippen molar-refractivity contribution in [1.82, 2.24) is 5.32 Å². The number of nitrogens with one attached hydrogen (secondary N) is 1. The first kappa shape index (κ1) is 72.1. The summed E-state index contributed by atoms with van der Waals surface area (Å²) in [5.41, 5.74) is 0. The highest BCUT2D eigenvalue weighted by atomic mass is 16.5. The summed E-state index contributed by atoms with van der Waals surface area (Å²) in [5.74, 6) is -0.0582. The summed E-state index contributed by atoms with van der Waals surface area (Å²) >= 11 is 0. The van der Waals surface area contributed by atoms with Gasteiger partial charge in [-0.1, -0.05) is 301 Å². The summed E-state index contributed by atoms with van der Waals surface area (Å²) in [6.45, 7) is 4.91. The van der Waals surface area contributed by atoms with Crippen molar-refractivity contribution in [2.24, 2.45) is 0 Å². The molecule has 0 aliphatic rings. The molecule has 0 radical (unpaired) electrons. The van der Waals surface area contributed by atoms with Gasteiger partial charge in [0.15, 0.2) is 0 Å². The molecule has 0 saturated carbocycles. The third kappa shape index (κ3) is 59.3. The molecule has 0 rings (SSSR count). The molecule has 2 atom stereocenters. The lowest BCUT2D eigenvalue weighted by molar-refractivity contribution is -0.143. The van der Waals surface area contributed by atoms with Gasteiger partial charge in [0.1, 0.15) is 0 Å². The SMILES string of the molecule is CCCCCCC/C=C\CCCCCCCC(=O)OCCCCCCCCCCCCCC/C=C\CCCCCCCCCCCCCCCC(=O)NC(CO)C(O)/C=C/CCCCCCCCCCCCCC. The van der Waals surface area contributed by atoms with Crippen molar-refractivity contribution in [3.8, 4) is 0 Å². The summed E-state index contributed by atoms with van der Waals surface area (Å²) in [4.78, 5) is 24.5. The van der Waals surface area contributed by atoms with Crippen LogP contribution < -0.4 is 5.32 Å². The largest absolute Gasteiger partial charge is 0.466 e. The molecule has 0 heterocycles. The second-order valence-electron chi connectivity index (χ2n) is 22.8. The second-order valence-corrected chi connectivity index (χ2v) is 22.8. The van der Waals surface area contributed by atoms with Gasteiger partial charge in [-0.3, -0.25) is 9.59 Å². The molecule has 0 aliphatic heterocycles. The normalized spacial score (nSPS) is 12.8. The maximum absolute atomic E-state index is 12.5. The molecule has 436 valence electrons. The molecular formula is C68H129NO5. The van der Waals surface area contributed by atoms with E-state index in [4.69, 9.17) is 4.74 Å². The Bertz CT molecular complexity index is 1200. The zero-order valence-corrected chi connectivity index (χ0v) is 49.8. The molecule has 3 N–H and O–H groups in total. The first-order valence-electron chi connectivity index (χ1n) is 33.3. The molecule has 0 aromatic rings. The van der Waals surface area contributed by atoms with Gasteiger partial charge in [0.05, 0.1) is 25.4 Å². The molecule has 0 spiro atoms. The molecule has 0 aromatic heterocycles. The Morgan fingerprint density at radius 2 is 0.635 bits per heavy atom. The molecule has 74 heavy (non-hydrogen) atoms. The van der Waals surface area contributed by atoms with Crippen LogP contribution in [0, 0.1) is 0 Å². The number of unbranched alkanes of at least 4 members (excludes halogenated alkanes) is 47. The molecule has 2 unspecified atom stereocenters. The molecule has 0 saturated heterocycles. The van der Waals surface area contributed by atoms with Gasteiger partial charge >= 0.3 is 5.97 Å². The highest BCUT2D eigenvalue weighted by Gasteiger charge is 2.18. The number of ether oxygens (including phenoxy) is 1. The molecular weight excluding hydrogens is 911 g/mol. The van der Waals surface area contributed by atoms with Crippen molar-refractivity contribution in [2.75, 3.05) is 13.2 Å². The topological polar surface area (TPSA) is 95.9 Å². The smallest absolute Gasteiger partial charge is 0.305 e. The summed E-state index contributed by atoms with van der Waals surface area (Å²) in [5, 5.41) is 23.1. The van der Waals surface area contributed by atoms with Gasteiger partial charge in [0.25, 0.3) is 0 Å². The fourth-order valence-corrected chi connectivity index (χ4v) is 10.3. The van der Waals surface area contributed by atoms with E-state index < -0.39 is 12.1 Å². The first-order chi connectivity index (χ1) is 36.5. The number of esters is 1. The van der Waals surface area contributed by atoms with E-state index in [-0.39, 0.29) is 18.5 Å². The predicted molar refractivity (Wildman–Crippen MR) is 324 cm³/mol. The maximum Gasteiger partial charge on any atom is 0.305 e. The van der Waals surface area contributed by atoms with Crippen LogP contribution in [-0.4, -0.2) is 47.4 Å². The lowest BCUT2D eigenvalue weighted by atomic mass is 10.0. The van der Waals surface area contributed by atoms with Crippen LogP contribution in [0.25, 0.3) is 0 Å². The second kappa shape index (κ2) is 63.6. The van der Waals surface area contributed by atoms with E-state index in [0.29, 0.717) is 19.4 Å².